The quantitative estimate of drug-likeness (QED) is 0.295. The standard InChI is InChI=1S/C10H16N2O5S/c1-3-9(14)11-7-10(2,8-18(15,16)17)12-5-4-6-13/h3-4,12H,1,5,7-8H2,2H3,(H,11,14)(H,15,16,17). The summed E-state index contributed by atoms with van der Waals surface area (Å²) < 4.78 is 30.6. The van der Waals surface area contributed by atoms with Crippen molar-refractivity contribution in [1.29, 1.82) is 0 Å². The van der Waals surface area contributed by atoms with E-state index in [1.165, 1.54) is 12.9 Å². The molecule has 8 heteroatoms. The smallest absolute Gasteiger partial charge is 0.266 e. The minimum Gasteiger partial charge on any atom is -0.351 e. The zero-order chi connectivity index (χ0) is 14.2. The molecule has 0 aromatic heterocycles. The molecule has 1 unspecified atom stereocenters. The summed E-state index contributed by atoms with van der Waals surface area (Å²) in [5.41, 5.74) is -1.11. The normalized spacial score (nSPS) is 14.1. The van der Waals surface area contributed by atoms with Crippen LogP contribution in [0.2, 0.25) is 0 Å². The molecule has 0 radical (unpaired) electrons. The van der Waals surface area contributed by atoms with E-state index in [-0.39, 0.29) is 13.1 Å². The maximum Gasteiger partial charge on any atom is 0.266 e. The maximum atomic E-state index is 11.0. The van der Waals surface area contributed by atoms with Crippen LogP contribution in [-0.4, -0.2) is 49.2 Å². The maximum absolute atomic E-state index is 11.0. The minimum atomic E-state index is -4.23. The molecule has 0 heterocycles. The number of carbonyl (C=O) groups excluding carboxylic acids is 2. The zero-order valence-electron chi connectivity index (χ0n) is 9.97. The second kappa shape index (κ2) is 7.07. The molecule has 0 aromatic rings. The molecule has 1 amide bonds. The Morgan fingerprint density at radius 2 is 2.17 bits per heavy atom. The van der Waals surface area contributed by atoms with E-state index < -0.39 is 27.3 Å². The van der Waals surface area contributed by atoms with Crippen molar-refractivity contribution in [3.63, 3.8) is 0 Å². The number of rotatable bonds is 8. The summed E-state index contributed by atoms with van der Waals surface area (Å²) in [6.07, 6.45) is 2.16. The molecule has 102 valence electrons. The first kappa shape index (κ1) is 16.5. The van der Waals surface area contributed by atoms with E-state index in [1.807, 2.05) is 0 Å². The van der Waals surface area contributed by atoms with Gasteiger partial charge in [0.15, 0.2) is 0 Å². The van der Waals surface area contributed by atoms with Gasteiger partial charge in [0.25, 0.3) is 10.1 Å². The SMILES string of the molecule is C=CC(=O)NCC(C)(CS(=O)(=O)O)NCC=C=O. The van der Waals surface area contributed by atoms with Gasteiger partial charge in [0.2, 0.25) is 5.91 Å². The average molecular weight is 276 g/mol. The van der Waals surface area contributed by atoms with Crippen molar-refractivity contribution in [3.8, 4) is 0 Å². The van der Waals surface area contributed by atoms with Gasteiger partial charge in [-0.3, -0.25) is 9.35 Å². The van der Waals surface area contributed by atoms with E-state index in [1.54, 1.807) is 0 Å². The lowest BCUT2D eigenvalue weighted by Gasteiger charge is -2.29. The number of hydrogen-bond donors (Lipinski definition) is 3. The van der Waals surface area contributed by atoms with Crippen LogP contribution >= 0.6 is 0 Å². The average Bonchev–Trinajstić information content (AvgIpc) is 2.24. The molecule has 0 aliphatic heterocycles. The summed E-state index contributed by atoms with van der Waals surface area (Å²) in [4.78, 5) is 21.0. The molecule has 0 aliphatic carbocycles. The molecule has 0 spiro atoms. The van der Waals surface area contributed by atoms with Gasteiger partial charge in [-0.05, 0) is 13.0 Å². The van der Waals surface area contributed by atoms with Gasteiger partial charge in [-0.2, -0.15) is 8.42 Å². The molecule has 1 atom stereocenters. The van der Waals surface area contributed by atoms with E-state index in [2.05, 4.69) is 17.2 Å². The summed E-state index contributed by atoms with van der Waals surface area (Å²) in [6, 6.07) is 0. The first-order valence-corrected chi connectivity index (χ1v) is 6.63. The van der Waals surface area contributed by atoms with Crippen molar-refractivity contribution in [2.45, 2.75) is 12.5 Å². The Bertz CT molecular complexity index is 453. The van der Waals surface area contributed by atoms with Crippen LogP contribution in [0.15, 0.2) is 18.7 Å². The fourth-order valence-corrected chi connectivity index (χ4v) is 2.27. The Morgan fingerprint density at radius 1 is 1.56 bits per heavy atom. The van der Waals surface area contributed by atoms with Crippen LogP contribution in [-0.2, 0) is 19.7 Å². The fraction of sp³-hybridized carbons (Fsp3) is 0.500. The van der Waals surface area contributed by atoms with Crippen LogP contribution in [0.25, 0.3) is 0 Å². The zero-order valence-corrected chi connectivity index (χ0v) is 10.8. The predicted molar refractivity (Wildman–Crippen MR) is 66.3 cm³/mol. The topological polar surface area (TPSA) is 113 Å². The number of carbonyl (C=O) groups is 1. The molecule has 0 aliphatic rings. The molecular formula is C10H16N2O5S. The van der Waals surface area contributed by atoms with Crippen molar-refractivity contribution in [3.05, 3.63) is 18.7 Å². The summed E-state index contributed by atoms with van der Waals surface area (Å²) in [7, 11) is -4.23. The van der Waals surface area contributed by atoms with Crippen molar-refractivity contribution in [2.75, 3.05) is 18.8 Å². The third-order valence-corrected chi connectivity index (χ3v) is 3.06. The lowest BCUT2D eigenvalue weighted by molar-refractivity contribution is -0.116. The highest BCUT2D eigenvalue weighted by molar-refractivity contribution is 7.85. The van der Waals surface area contributed by atoms with Crippen LogP contribution in [0.5, 0.6) is 0 Å². The lowest BCUT2D eigenvalue weighted by Crippen LogP contribution is -2.55. The minimum absolute atomic E-state index is 0.0512. The first-order chi connectivity index (χ1) is 8.22. The number of amides is 1. The molecule has 7 nitrogen and oxygen atoms in total. The first-order valence-electron chi connectivity index (χ1n) is 5.02. The van der Waals surface area contributed by atoms with Gasteiger partial charge in [0.1, 0.15) is 5.94 Å². The van der Waals surface area contributed by atoms with Gasteiger partial charge < -0.3 is 10.6 Å². The highest BCUT2D eigenvalue weighted by Crippen LogP contribution is 2.06. The molecule has 18 heavy (non-hydrogen) atoms. The Labute approximate surface area is 106 Å². The molecular weight excluding hydrogens is 260 g/mol. The lowest BCUT2D eigenvalue weighted by atomic mass is 10.1. The Kier molecular flexibility index (Phi) is 6.50. The molecule has 0 saturated heterocycles. The molecule has 0 aromatic carbocycles. The van der Waals surface area contributed by atoms with Crippen LogP contribution in [0.1, 0.15) is 6.92 Å². The summed E-state index contributed by atoms with van der Waals surface area (Å²) in [6.45, 7) is 4.76. The van der Waals surface area contributed by atoms with Crippen LogP contribution in [0.3, 0.4) is 0 Å². The Balaban J connectivity index is 4.72. The van der Waals surface area contributed by atoms with Gasteiger partial charge in [-0.25, -0.2) is 4.79 Å². The van der Waals surface area contributed by atoms with E-state index in [0.29, 0.717) is 0 Å². The molecule has 0 saturated carbocycles. The Morgan fingerprint density at radius 3 is 2.61 bits per heavy atom. The summed E-state index contributed by atoms with van der Waals surface area (Å²) in [5, 5.41) is 5.14. The van der Waals surface area contributed by atoms with Crippen molar-refractivity contribution < 1.29 is 22.6 Å². The molecule has 0 bridgehead atoms. The largest absolute Gasteiger partial charge is 0.351 e. The van der Waals surface area contributed by atoms with E-state index in [4.69, 9.17) is 4.55 Å². The van der Waals surface area contributed by atoms with Crippen molar-refractivity contribution >= 4 is 22.0 Å². The second-order valence-corrected chi connectivity index (χ2v) is 5.36. The predicted octanol–water partition coefficient (Wildman–Crippen LogP) is -1.09. The third kappa shape index (κ3) is 7.75. The summed E-state index contributed by atoms with van der Waals surface area (Å²) >= 11 is 0. The van der Waals surface area contributed by atoms with Crippen molar-refractivity contribution in [2.24, 2.45) is 0 Å². The van der Waals surface area contributed by atoms with Crippen LogP contribution in [0, 0.1) is 0 Å². The number of nitrogens with one attached hydrogen (secondary N) is 2. The number of hydrogen-bond acceptors (Lipinski definition) is 5. The highest BCUT2D eigenvalue weighted by Gasteiger charge is 2.29. The summed E-state index contributed by atoms with van der Waals surface area (Å²) in [5.74, 6) is 0.451. The van der Waals surface area contributed by atoms with Crippen LogP contribution < -0.4 is 10.6 Å². The van der Waals surface area contributed by atoms with E-state index >= 15 is 0 Å². The van der Waals surface area contributed by atoms with Gasteiger partial charge in [-0.15, -0.1) is 0 Å². The van der Waals surface area contributed by atoms with E-state index in [0.717, 1.165) is 12.2 Å². The van der Waals surface area contributed by atoms with Crippen molar-refractivity contribution in [1.82, 2.24) is 10.6 Å². The van der Waals surface area contributed by atoms with Gasteiger partial charge in [0, 0.05) is 24.7 Å². The van der Waals surface area contributed by atoms with Gasteiger partial charge in [0.05, 0.1) is 5.75 Å². The molecule has 0 rings (SSSR count). The fourth-order valence-electron chi connectivity index (χ4n) is 1.26. The van der Waals surface area contributed by atoms with Crippen LogP contribution in [0.4, 0.5) is 0 Å². The van der Waals surface area contributed by atoms with Gasteiger partial charge in [-0.1, -0.05) is 6.58 Å². The highest BCUT2D eigenvalue weighted by atomic mass is 32.2. The second-order valence-electron chi connectivity index (χ2n) is 3.91. The Hall–Kier alpha value is -1.47. The monoisotopic (exact) mass is 276 g/mol. The molecule has 0 fully saturated rings. The van der Waals surface area contributed by atoms with Gasteiger partial charge >= 0.3 is 0 Å². The third-order valence-electron chi connectivity index (χ3n) is 2.05. The van der Waals surface area contributed by atoms with E-state index in [9.17, 15) is 18.0 Å². The molecule has 3 N–H and O–H groups in total.